The first-order valence-corrected chi connectivity index (χ1v) is 14.1. The molecule has 0 aromatic heterocycles. The van der Waals surface area contributed by atoms with E-state index in [0.717, 1.165) is 44.9 Å². The maximum Gasteiger partial charge on any atom is 0.266 e. The van der Waals surface area contributed by atoms with Crippen molar-refractivity contribution in [1.82, 2.24) is 5.32 Å². The normalized spacial score (nSPS) is 47.1. The summed E-state index contributed by atoms with van der Waals surface area (Å²) in [5.41, 5.74) is 0.180. The van der Waals surface area contributed by atoms with Gasteiger partial charge in [0.25, 0.3) is 10.1 Å². The summed E-state index contributed by atoms with van der Waals surface area (Å²) >= 11 is 0. The smallest absolute Gasteiger partial charge is 0.266 e. The Morgan fingerprint density at radius 2 is 1.84 bits per heavy atom. The predicted molar refractivity (Wildman–Crippen MR) is 121 cm³/mol. The Bertz CT molecular complexity index is 817. The first-order valence-electron chi connectivity index (χ1n) is 12.5. The van der Waals surface area contributed by atoms with E-state index < -0.39 is 15.9 Å². The van der Waals surface area contributed by atoms with Crippen LogP contribution in [0.3, 0.4) is 0 Å². The summed E-state index contributed by atoms with van der Waals surface area (Å²) in [4.78, 5) is 12.8. The molecule has 4 rings (SSSR count). The maximum atomic E-state index is 12.8. The molecule has 4 aliphatic rings. The Morgan fingerprint density at radius 3 is 2.53 bits per heavy atom. The van der Waals surface area contributed by atoms with Gasteiger partial charge >= 0.3 is 0 Å². The summed E-state index contributed by atoms with van der Waals surface area (Å²) in [5.74, 6) is 1.79. The zero-order valence-corrected chi connectivity index (χ0v) is 20.4. The van der Waals surface area contributed by atoms with E-state index in [2.05, 4.69) is 19.2 Å². The molecule has 0 unspecified atom stereocenters. The number of amides is 1. The molecular formula is C24H41NO6S. The first kappa shape index (κ1) is 24.4. The Hall–Kier alpha value is -0.700. The Kier molecular flexibility index (Phi) is 6.73. The lowest BCUT2D eigenvalue weighted by atomic mass is 9.44. The van der Waals surface area contributed by atoms with Gasteiger partial charge in [0.15, 0.2) is 0 Å². The van der Waals surface area contributed by atoms with Gasteiger partial charge in [-0.3, -0.25) is 9.35 Å². The van der Waals surface area contributed by atoms with E-state index in [1.54, 1.807) is 0 Å². The number of carbonyl (C=O) groups is 1. The minimum atomic E-state index is -4.09. The number of aliphatic hydroxyl groups is 2. The van der Waals surface area contributed by atoms with E-state index in [0.29, 0.717) is 29.6 Å². The molecule has 4 N–H and O–H groups in total. The van der Waals surface area contributed by atoms with Gasteiger partial charge in [0.1, 0.15) is 0 Å². The van der Waals surface area contributed by atoms with Gasteiger partial charge in [0.05, 0.1) is 18.0 Å². The quantitative estimate of drug-likeness (QED) is 0.457. The summed E-state index contributed by atoms with van der Waals surface area (Å²) in [6, 6.07) is 0. The topological polar surface area (TPSA) is 124 Å². The minimum absolute atomic E-state index is 0.0760. The Morgan fingerprint density at radius 1 is 1.12 bits per heavy atom. The third-order valence-corrected chi connectivity index (χ3v) is 10.8. The molecular weight excluding hydrogens is 430 g/mol. The zero-order valence-electron chi connectivity index (χ0n) is 19.6. The predicted octanol–water partition coefficient (Wildman–Crippen LogP) is 2.47. The standard InChI is InChI=1S/C24H41NO6S/c1-13-10-19-22(20(27)12-15-11-16(26)6-7-24(15,19)3)18-5-4-17(21(13)18)14(2)23(28)25-8-9-32(29,30)31/h13-22,26-27H,4-12H2,1-3H3,(H,25,28)(H,29,30,31)/t13-,14+,15+,16-,17+,18-,19+,20-,21-,22+,24+/m1/s1. The lowest BCUT2D eigenvalue weighted by molar-refractivity contribution is -0.169. The largest absolute Gasteiger partial charge is 0.393 e. The molecule has 0 heterocycles. The first-order chi connectivity index (χ1) is 14.9. The minimum Gasteiger partial charge on any atom is -0.393 e. The van der Waals surface area contributed by atoms with Crippen molar-refractivity contribution in [3.05, 3.63) is 0 Å². The third kappa shape index (κ3) is 4.37. The fourth-order valence-electron chi connectivity index (χ4n) is 8.60. The van der Waals surface area contributed by atoms with Crippen molar-refractivity contribution < 1.29 is 28.0 Å². The van der Waals surface area contributed by atoms with Crippen LogP contribution < -0.4 is 5.32 Å². The van der Waals surface area contributed by atoms with Crippen molar-refractivity contribution in [3.8, 4) is 0 Å². The fourth-order valence-corrected chi connectivity index (χ4v) is 8.96. The van der Waals surface area contributed by atoms with Gasteiger partial charge in [-0.05, 0) is 91.8 Å². The van der Waals surface area contributed by atoms with E-state index in [9.17, 15) is 23.4 Å². The molecule has 0 radical (unpaired) electrons. The molecule has 184 valence electrons. The maximum absolute atomic E-state index is 12.8. The van der Waals surface area contributed by atoms with E-state index in [-0.39, 0.29) is 47.8 Å². The van der Waals surface area contributed by atoms with Crippen LogP contribution in [0, 0.1) is 52.8 Å². The second-order valence-electron chi connectivity index (χ2n) is 11.7. The number of nitrogens with one attached hydrogen (secondary N) is 1. The summed E-state index contributed by atoms with van der Waals surface area (Å²) < 4.78 is 30.8. The fraction of sp³-hybridized carbons (Fsp3) is 0.958. The molecule has 0 spiro atoms. The summed E-state index contributed by atoms with van der Waals surface area (Å²) in [6.45, 7) is 6.57. The van der Waals surface area contributed by atoms with E-state index in [1.807, 2.05) is 6.92 Å². The van der Waals surface area contributed by atoms with Crippen LogP contribution in [0.1, 0.15) is 65.7 Å². The molecule has 4 fully saturated rings. The molecule has 11 atom stereocenters. The number of rotatable bonds is 5. The van der Waals surface area contributed by atoms with Crippen molar-refractivity contribution in [1.29, 1.82) is 0 Å². The molecule has 4 saturated carbocycles. The van der Waals surface area contributed by atoms with Crippen LogP contribution in [-0.2, 0) is 14.9 Å². The molecule has 0 saturated heterocycles. The molecule has 0 aromatic carbocycles. The van der Waals surface area contributed by atoms with Crippen molar-refractivity contribution in [2.75, 3.05) is 12.3 Å². The van der Waals surface area contributed by atoms with Crippen LogP contribution in [0.5, 0.6) is 0 Å². The van der Waals surface area contributed by atoms with Crippen LogP contribution in [0.4, 0.5) is 0 Å². The second kappa shape index (κ2) is 8.82. The Balaban J connectivity index is 1.48. The summed E-state index contributed by atoms with van der Waals surface area (Å²) in [5, 5.41) is 24.2. The number of hydrogen-bond acceptors (Lipinski definition) is 5. The Labute approximate surface area is 192 Å². The van der Waals surface area contributed by atoms with Gasteiger partial charge in [0, 0.05) is 12.5 Å². The van der Waals surface area contributed by atoms with Crippen LogP contribution in [0.25, 0.3) is 0 Å². The molecule has 0 aliphatic heterocycles. The van der Waals surface area contributed by atoms with Crippen LogP contribution in [-0.4, -0.2) is 53.6 Å². The summed E-state index contributed by atoms with van der Waals surface area (Å²) in [7, 11) is -4.09. The number of fused-ring (bicyclic) bond motifs is 5. The molecule has 0 bridgehead atoms. The van der Waals surface area contributed by atoms with Gasteiger partial charge in [-0.1, -0.05) is 20.8 Å². The summed E-state index contributed by atoms with van der Waals surface area (Å²) in [6.07, 6.45) is 5.98. The van der Waals surface area contributed by atoms with Gasteiger partial charge in [0.2, 0.25) is 5.91 Å². The van der Waals surface area contributed by atoms with Crippen molar-refractivity contribution in [2.24, 2.45) is 52.8 Å². The molecule has 8 heteroatoms. The van der Waals surface area contributed by atoms with Crippen molar-refractivity contribution in [2.45, 2.75) is 77.9 Å². The number of carbonyl (C=O) groups excluding carboxylic acids is 1. The molecule has 1 amide bonds. The lowest BCUT2D eigenvalue weighted by Gasteiger charge is -2.61. The molecule has 4 aliphatic carbocycles. The van der Waals surface area contributed by atoms with Crippen LogP contribution >= 0.6 is 0 Å². The van der Waals surface area contributed by atoms with Crippen LogP contribution in [0.15, 0.2) is 0 Å². The van der Waals surface area contributed by atoms with Gasteiger partial charge in [-0.2, -0.15) is 8.42 Å². The second-order valence-corrected chi connectivity index (χ2v) is 13.3. The average molecular weight is 472 g/mol. The van der Waals surface area contributed by atoms with Gasteiger partial charge < -0.3 is 15.5 Å². The van der Waals surface area contributed by atoms with E-state index in [4.69, 9.17) is 4.55 Å². The number of hydrogen-bond donors (Lipinski definition) is 4. The van der Waals surface area contributed by atoms with Crippen LogP contribution in [0.2, 0.25) is 0 Å². The van der Waals surface area contributed by atoms with Gasteiger partial charge in [-0.15, -0.1) is 0 Å². The molecule has 0 aromatic rings. The zero-order chi connectivity index (χ0) is 23.4. The molecule has 32 heavy (non-hydrogen) atoms. The van der Waals surface area contributed by atoms with Crippen molar-refractivity contribution >= 4 is 16.0 Å². The van der Waals surface area contributed by atoms with E-state index in [1.165, 1.54) is 0 Å². The van der Waals surface area contributed by atoms with Gasteiger partial charge in [-0.25, -0.2) is 0 Å². The van der Waals surface area contributed by atoms with Crippen molar-refractivity contribution in [3.63, 3.8) is 0 Å². The average Bonchev–Trinajstić information content (AvgIpc) is 3.14. The highest BCUT2D eigenvalue weighted by Crippen LogP contribution is 2.65. The highest BCUT2D eigenvalue weighted by atomic mass is 32.2. The SMILES string of the molecule is C[C@@H]1C[C@H]2[C@H]([C@@H]3CC[C@@H]([C@H](C)C(=O)NCCS(=O)(=O)O)[C@H]31)[C@H](O)C[C@@H]1C[C@H](O)CC[C@@]12C. The highest BCUT2D eigenvalue weighted by molar-refractivity contribution is 7.85. The van der Waals surface area contributed by atoms with E-state index >= 15 is 0 Å². The monoisotopic (exact) mass is 471 g/mol. The molecule has 7 nitrogen and oxygen atoms in total. The third-order valence-electron chi connectivity index (χ3n) is 10.1. The number of aliphatic hydroxyl groups excluding tert-OH is 2. The highest BCUT2D eigenvalue weighted by Gasteiger charge is 2.61. The lowest BCUT2D eigenvalue weighted by Crippen LogP contribution is -2.58.